The number of carbonyl (C=O) groups excluding carboxylic acids is 1. The molecule has 6 nitrogen and oxygen atoms in total. The molecule has 0 bridgehead atoms. The van der Waals surface area contributed by atoms with E-state index in [9.17, 15) is 13.2 Å². The van der Waals surface area contributed by atoms with Crippen LogP contribution in [0.4, 0.5) is 0 Å². The molecule has 1 rings (SSSR count). The molecule has 1 aromatic rings. The summed E-state index contributed by atoms with van der Waals surface area (Å²) in [5.74, 6) is 1.91. The van der Waals surface area contributed by atoms with Crippen molar-refractivity contribution in [2.75, 3.05) is 6.54 Å². The first kappa shape index (κ1) is 17.0. The molecule has 1 aromatic carbocycles. The van der Waals surface area contributed by atoms with E-state index in [4.69, 9.17) is 16.3 Å². The largest absolute Gasteiger partial charge is 0.479 e. The third-order valence-corrected chi connectivity index (χ3v) is 3.64. The van der Waals surface area contributed by atoms with Gasteiger partial charge in [-0.25, -0.2) is 13.6 Å². The number of amides is 1. The van der Waals surface area contributed by atoms with Crippen molar-refractivity contribution in [2.24, 2.45) is 5.14 Å². The highest BCUT2D eigenvalue weighted by atomic mass is 32.2. The highest BCUT2D eigenvalue weighted by Crippen LogP contribution is 2.29. The molecule has 0 fully saturated rings. The van der Waals surface area contributed by atoms with Crippen LogP contribution in [0.5, 0.6) is 5.75 Å². The fourth-order valence-electron chi connectivity index (χ4n) is 1.79. The molecule has 7 heteroatoms. The number of ether oxygens (including phenoxy) is 1. The van der Waals surface area contributed by atoms with Gasteiger partial charge in [0.25, 0.3) is 5.91 Å². The molecule has 0 radical (unpaired) electrons. The molecule has 1 atom stereocenters. The van der Waals surface area contributed by atoms with Gasteiger partial charge < -0.3 is 10.1 Å². The number of nitrogens with one attached hydrogen (secondary N) is 1. The van der Waals surface area contributed by atoms with E-state index in [-0.39, 0.29) is 17.2 Å². The second-order valence-corrected chi connectivity index (χ2v) is 6.17. The summed E-state index contributed by atoms with van der Waals surface area (Å²) in [6.07, 6.45) is 4.15. The van der Waals surface area contributed by atoms with Crippen LogP contribution >= 0.6 is 0 Å². The number of carbonyl (C=O) groups is 1. The number of aryl methyl sites for hydroxylation is 2. The van der Waals surface area contributed by atoms with Gasteiger partial charge in [-0.15, -0.1) is 6.42 Å². The predicted octanol–water partition coefficient (Wildman–Crippen LogP) is 0.468. The van der Waals surface area contributed by atoms with Gasteiger partial charge in [-0.2, -0.15) is 0 Å². The van der Waals surface area contributed by atoms with Gasteiger partial charge in [-0.3, -0.25) is 4.79 Å². The SMILES string of the molecule is C#CCNC(=O)C(C)Oc1c(C)cc(C)cc1S(N)(=O)=O. The number of nitrogens with two attached hydrogens (primary N) is 1. The van der Waals surface area contributed by atoms with Gasteiger partial charge in [0.2, 0.25) is 10.0 Å². The normalized spacial score (nSPS) is 12.3. The average Bonchev–Trinajstić information content (AvgIpc) is 2.37. The zero-order valence-corrected chi connectivity index (χ0v) is 13.0. The minimum absolute atomic E-state index is 0.0709. The maximum atomic E-state index is 11.7. The first-order chi connectivity index (χ1) is 9.66. The number of primary sulfonamides is 1. The molecule has 0 saturated heterocycles. The summed E-state index contributed by atoms with van der Waals surface area (Å²) in [6.45, 7) is 5.00. The van der Waals surface area contributed by atoms with Crippen molar-refractivity contribution in [3.63, 3.8) is 0 Å². The van der Waals surface area contributed by atoms with Crippen molar-refractivity contribution in [2.45, 2.75) is 31.8 Å². The van der Waals surface area contributed by atoms with E-state index in [1.54, 1.807) is 19.9 Å². The summed E-state index contributed by atoms with van der Waals surface area (Å²) >= 11 is 0. The number of hydrogen-bond acceptors (Lipinski definition) is 4. The monoisotopic (exact) mass is 310 g/mol. The van der Waals surface area contributed by atoms with Crippen LogP contribution in [0.2, 0.25) is 0 Å². The second kappa shape index (κ2) is 6.61. The molecule has 0 saturated carbocycles. The topological polar surface area (TPSA) is 98.5 Å². The molecule has 21 heavy (non-hydrogen) atoms. The summed E-state index contributed by atoms with van der Waals surface area (Å²) in [5.41, 5.74) is 1.31. The maximum Gasteiger partial charge on any atom is 0.261 e. The summed E-state index contributed by atoms with van der Waals surface area (Å²) in [4.78, 5) is 11.6. The number of sulfonamides is 1. The fraction of sp³-hybridized carbons (Fsp3) is 0.357. The Balaban J connectivity index is 3.14. The Morgan fingerprint density at radius 3 is 2.62 bits per heavy atom. The molecule has 0 aliphatic heterocycles. The predicted molar refractivity (Wildman–Crippen MR) is 79.2 cm³/mol. The molecule has 1 unspecified atom stereocenters. The van der Waals surface area contributed by atoms with E-state index in [0.29, 0.717) is 5.56 Å². The number of hydrogen-bond donors (Lipinski definition) is 2. The first-order valence-electron chi connectivity index (χ1n) is 6.18. The minimum atomic E-state index is -3.96. The van der Waals surface area contributed by atoms with Crippen molar-refractivity contribution in [1.29, 1.82) is 0 Å². The Kier molecular flexibility index (Phi) is 5.35. The Morgan fingerprint density at radius 2 is 2.10 bits per heavy atom. The standard InChI is InChI=1S/C14H18N2O4S/c1-5-6-16-14(17)11(4)20-13-10(3)7-9(2)8-12(13)21(15,18)19/h1,7-8,11H,6H2,2-4H3,(H,16,17)(H2,15,18,19). The van der Waals surface area contributed by atoms with Crippen LogP contribution < -0.4 is 15.2 Å². The van der Waals surface area contributed by atoms with E-state index >= 15 is 0 Å². The van der Waals surface area contributed by atoms with E-state index in [1.807, 2.05) is 0 Å². The molecule has 1 amide bonds. The van der Waals surface area contributed by atoms with Gasteiger partial charge in [0.05, 0.1) is 6.54 Å². The van der Waals surface area contributed by atoms with Crippen LogP contribution in [0.1, 0.15) is 18.1 Å². The Labute approximate surface area is 124 Å². The van der Waals surface area contributed by atoms with Crippen molar-refractivity contribution in [3.8, 4) is 18.1 Å². The van der Waals surface area contributed by atoms with E-state index in [0.717, 1.165) is 5.56 Å². The lowest BCUT2D eigenvalue weighted by Crippen LogP contribution is -2.37. The second-order valence-electron chi connectivity index (χ2n) is 4.64. The quantitative estimate of drug-likeness (QED) is 0.772. The number of rotatable bonds is 5. The Bertz CT molecular complexity index is 690. The van der Waals surface area contributed by atoms with Crippen LogP contribution in [-0.4, -0.2) is 27.0 Å². The number of terminal acetylenes is 1. The smallest absolute Gasteiger partial charge is 0.261 e. The van der Waals surface area contributed by atoms with Crippen molar-refractivity contribution in [3.05, 3.63) is 23.3 Å². The van der Waals surface area contributed by atoms with Crippen molar-refractivity contribution >= 4 is 15.9 Å². The van der Waals surface area contributed by atoms with Crippen LogP contribution in [0.3, 0.4) is 0 Å². The molecule has 3 N–H and O–H groups in total. The highest BCUT2D eigenvalue weighted by molar-refractivity contribution is 7.89. The molecule has 0 heterocycles. The lowest BCUT2D eigenvalue weighted by molar-refractivity contribution is -0.127. The maximum absolute atomic E-state index is 11.7. The highest BCUT2D eigenvalue weighted by Gasteiger charge is 2.22. The lowest BCUT2D eigenvalue weighted by Gasteiger charge is -2.18. The van der Waals surface area contributed by atoms with Crippen LogP contribution in [-0.2, 0) is 14.8 Å². The van der Waals surface area contributed by atoms with E-state index in [2.05, 4.69) is 11.2 Å². The van der Waals surface area contributed by atoms with Gasteiger partial charge in [-0.1, -0.05) is 12.0 Å². The molecular weight excluding hydrogens is 292 g/mol. The van der Waals surface area contributed by atoms with Crippen molar-refractivity contribution in [1.82, 2.24) is 5.32 Å². The molecule has 0 aliphatic carbocycles. The van der Waals surface area contributed by atoms with E-state index in [1.165, 1.54) is 13.0 Å². The van der Waals surface area contributed by atoms with Crippen LogP contribution in [0.25, 0.3) is 0 Å². The third-order valence-electron chi connectivity index (χ3n) is 2.72. The van der Waals surface area contributed by atoms with Crippen LogP contribution in [0.15, 0.2) is 17.0 Å². The summed E-state index contributed by atoms with van der Waals surface area (Å²) in [7, 11) is -3.96. The third kappa shape index (κ3) is 4.48. The Morgan fingerprint density at radius 1 is 1.48 bits per heavy atom. The Hall–Kier alpha value is -2.04. The first-order valence-corrected chi connectivity index (χ1v) is 7.73. The van der Waals surface area contributed by atoms with Gasteiger partial charge in [0, 0.05) is 0 Å². The average molecular weight is 310 g/mol. The van der Waals surface area contributed by atoms with Crippen molar-refractivity contribution < 1.29 is 17.9 Å². The summed E-state index contributed by atoms with van der Waals surface area (Å²) in [6, 6.07) is 3.15. The van der Waals surface area contributed by atoms with Gasteiger partial charge in [0.1, 0.15) is 10.6 Å². The molecule has 114 valence electrons. The zero-order valence-electron chi connectivity index (χ0n) is 12.1. The van der Waals surface area contributed by atoms with E-state index < -0.39 is 22.0 Å². The summed E-state index contributed by atoms with van der Waals surface area (Å²) in [5, 5.41) is 7.65. The number of benzene rings is 1. The van der Waals surface area contributed by atoms with Gasteiger partial charge >= 0.3 is 0 Å². The minimum Gasteiger partial charge on any atom is -0.479 e. The molecule has 0 spiro atoms. The lowest BCUT2D eigenvalue weighted by atomic mass is 10.1. The molecule has 0 aliphatic rings. The van der Waals surface area contributed by atoms with Gasteiger partial charge in [0.15, 0.2) is 6.10 Å². The zero-order chi connectivity index (χ0) is 16.2. The summed E-state index contributed by atoms with van der Waals surface area (Å²) < 4.78 is 28.8. The van der Waals surface area contributed by atoms with Crippen LogP contribution in [0, 0.1) is 26.2 Å². The van der Waals surface area contributed by atoms with Gasteiger partial charge in [-0.05, 0) is 38.0 Å². The molecular formula is C14H18N2O4S. The molecule has 0 aromatic heterocycles. The fourth-order valence-corrected chi connectivity index (χ4v) is 2.61.